The van der Waals surface area contributed by atoms with Gasteiger partial charge in [-0.25, -0.2) is 9.97 Å². The Morgan fingerprint density at radius 1 is 1.39 bits per heavy atom. The Labute approximate surface area is 113 Å². The highest BCUT2D eigenvalue weighted by molar-refractivity contribution is 7.10. The standard InChI is InChI=1S/C11H14N4OS2/c1-7-14-8(5-17-7)4-13-11(16)9-6-18-10(15-9)2-3-12/h5-6H,2-4,12H2,1H3,(H,13,16). The molecular formula is C11H14N4OS2. The normalized spacial score (nSPS) is 10.6. The lowest BCUT2D eigenvalue weighted by Gasteiger charge is -1.99. The Balaban J connectivity index is 1.90. The molecule has 0 aliphatic carbocycles. The van der Waals surface area contributed by atoms with E-state index in [0.717, 1.165) is 15.7 Å². The van der Waals surface area contributed by atoms with Crippen molar-refractivity contribution in [1.82, 2.24) is 15.3 Å². The summed E-state index contributed by atoms with van der Waals surface area (Å²) in [4.78, 5) is 20.3. The Kier molecular flexibility index (Phi) is 4.40. The van der Waals surface area contributed by atoms with Crippen LogP contribution in [0.5, 0.6) is 0 Å². The molecule has 0 aliphatic rings. The van der Waals surface area contributed by atoms with Crippen LogP contribution < -0.4 is 11.1 Å². The zero-order chi connectivity index (χ0) is 13.0. The lowest BCUT2D eigenvalue weighted by Crippen LogP contribution is -2.23. The van der Waals surface area contributed by atoms with Crippen LogP contribution in [0.15, 0.2) is 10.8 Å². The number of carbonyl (C=O) groups is 1. The van der Waals surface area contributed by atoms with Crippen molar-refractivity contribution in [1.29, 1.82) is 0 Å². The molecule has 0 atom stereocenters. The molecule has 96 valence electrons. The summed E-state index contributed by atoms with van der Waals surface area (Å²) in [5.41, 5.74) is 6.77. The summed E-state index contributed by atoms with van der Waals surface area (Å²) in [7, 11) is 0. The van der Waals surface area contributed by atoms with Gasteiger partial charge in [-0.1, -0.05) is 0 Å². The van der Waals surface area contributed by atoms with Gasteiger partial charge in [-0.15, -0.1) is 22.7 Å². The number of amides is 1. The first-order valence-electron chi connectivity index (χ1n) is 5.52. The van der Waals surface area contributed by atoms with E-state index < -0.39 is 0 Å². The molecule has 3 N–H and O–H groups in total. The number of hydrogen-bond acceptors (Lipinski definition) is 6. The lowest BCUT2D eigenvalue weighted by atomic mass is 10.4. The average Bonchev–Trinajstić information content (AvgIpc) is 2.96. The third kappa shape index (κ3) is 3.34. The van der Waals surface area contributed by atoms with Crippen LogP contribution in [0.2, 0.25) is 0 Å². The van der Waals surface area contributed by atoms with Gasteiger partial charge in [-0.2, -0.15) is 0 Å². The van der Waals surface area contributed by atoms with Crippen molar-refractivity contribution in [3.63, 3.8) is 0 Å². The van der Waals surface area contributed by atoms with Crippen molar-refractivity contribution < 1.29 is 4.79 Å². The van der Waals surface area contributed by atoms with E-state index in [1.54, 1.807) is 16.7 Å². The maximum absolute atomic E-state index is 11.8. The van der Waals surface area contributed by atoms with Gasteiger partial charge < -0.3 is 11.1 Å². The molecule has 0 spiro atoms. The van der Waals surface area contributed by atoms with E-state index >= 15 is 0 Å². The smallest absolute Gasteiger partial charge is 0.271 e. The molecule has 0 aromatic carbocycles. The van der Waals surface area contributed by atoms with E-state index in [0.29, 0.717) is 25.2 Å². The largest absolute Gasteiger partial charge is 0.345 e. The molecule has 0 unspecified atom stereocenters. The first-order chi connectivity index (χ1) is 8.69. The predicted octanol–water partition coefficient (Wildman–Crippen LogP) is 1.34. The van der Waals surface area contributed by atoms with Crippen molar-refractivity contribution in [3.05, 3.63) is 32.2 Å². The van der Waals surface area contributed by atoms with Crippen LogP contribution >= 0.6 is 22.7 Å². The van der Waals surface area contributed by atoms with Crippen molar-refractivity contribution in [2.75, 3.05) is 6.54 Å². The summed E-state index contributed by atoms with van der Waals surface area (Å²) in [5.74, 6) is -0.167. The van der Waals surface area contributed by atoms with Crippen molar-refractivity contribution in [2.45, 2.75) is 19.9 Å². The second-order valence-electron chi connectivity index (χ2n) is 3.71. The topological polar surface area (TPSA) is 80.9 Å². The first-order valence-corrected chi connectivity index (χ1v) is 7.28. The van der Waals surface area contributed by atoms with Gasteiger partial charge >= 0.3 is 0 Å². The Hall–Kier alpha value is -1.31. The van der Waals surface area contributed by atoms with Crippen LogP contribution in [0.25, 0.3) is 0 Å². The van der Waals surface area contributed by atoms with Crippen LogP contribution in [-0.2, 0) is 13.0 Å². The number of aromatic nitrogens is 2. The van der Waals surface area contributed by atoms with Gasteiger partial charge in [0.2, 0.25) is 0 Å². The molecular weight excluding hydrogens is 268 g/mol. The summed E-state index contributed by atoms with van der Waals surface area (Å²) in [6.45, 7) is 2.93. The number of nitrogens with one attached hydrogen (secondary N) is 1. The molecule has 2 aromatic rings. The summed E-state index contributed by atoms with van der Waals surface area (Å²) in [5, 5.41) is 8.39. The maximum atomic E-state index is 11.8. The molecule has 0 aliphatic heterocycles. The quantitative estimate of drug-likeness (QED) is 0.867. The minimum Gasteiger partial charge on any atom is -0.345 e. The molecule has 1 amide bonds. The SMILES string of the molecule is Cc1nc(CNC(=O)c2csc(CCN)n2)cs1. The molecule has 0 radical (unpaired) electrons. The zero-order valence-electron chi connectivity index (χ0n) is 9.97. The molecule has 2 heterocycles. The van der Waals surface area contributed by atoms with E-state index in [-0.39, 0.29) is 5.91 Å². The van der Waals surface area contributed by atoms with E-state index in [2.05, 4.69) is 15.3 Å². The number of carbonyl (C=O) groups excluding carboxylic acids is 1. The summed E-state index contributed by atoms with van der Waals surface area (Å²) in [6.07, 6.45) is 0.712. The molecule has 0 fully saturated rings. The number of rotatable bonds is 5. The number of aryl methyl sites for hydroxylation is 1. The van der Waals surface area contributed by atoms with Crippen molar-refractivity contribution >= 4 is 28.6 Å². The number of hydrogen-bond donors (Lipinski definition) is 2. The van der Waals surface area contributed by atoms with Crippen LogP contribution in [0.3, 0.4) is 0 Å². The molecule has 2 aromatic heterocycles. The molecule has 0 bridgehead atoms. The minimum absolute atomic E-state index is 0.167. The van der Waals surface area contributed by atoms with Crippen LogP contribution in [0.1, 0.15) is 26.2 Å². The molecule has 0 saturated heterocycles. The fourth-order valence-electron chi connectivity index (χ4n) is 1.40. The van der Waals surface area contributed by atoms with E-state index in [1.165, 1.54) is 11.3 Å². The molecule has 7 heteroatoms. The Morgan fingerprint density at radius 3 is 2.89 bits per heavy atom. The fourth-order valence-corrected chi connectivity index (χ4v) is 2.81. The molecule has 2 rings (SSSR count). The van der Waals surface area contributed by atoms with E-state index in [9.17, 15) is 4.79 Å². The van der Waals surface area contributed by atoms with Crippen LogP contribution in [0, 0.1) is 6.92 Å². The summed E-state index contributed by atoms with van der Waals surface area (Å²) < 4.78 is 0. The Morgan fingerprint density at radius 2 is 2.22 bits per heavy atom. The average molecular weight is 282 g/mol. The van der Waals surface area contributed by atoms with E-state index in [4.69, 9.17) is 5.73 Å². The molecule has 0 saturated carbocycles. The van der Waals surface area contributed by atoms with Gasteiger partial charge in [0.05, 0.1) is 22.3 Å². The monoisotopic (exact) mass is 282 g/mol. The number of nitrogens with two attached hydrogens (primary N) is 1. The highest BCUT2D eigenvalue weighted by Crippen LogP contribution is 2.11. The van der Waals surface area contributed by atoms with Crippen molar-refractivity contribution in [3.8, 4) is 0 Å². The van der Waals surface area contributed by atoms with Crippen molar-refractivity contribution in [2.24, 2.45) is 5.73 Å². The summed E-state index contributed by atoms with van der Waals surface area (Å²) >= 11 is 3.04. The second kappa shape index (κ2) is 6.03. The van der Waals surface area contributed by atoms with Crippen LogP contribution in [-0.4, -0.2) is 22.4 Å². The van der Waals surface area contributed by atoms with Gasteiger partial charge in [0, 0.05) is 17.2 Å². The second-order valence-corrected chi connectivity index (χ2v) is 5.71. The highest BCUT2D eigenvalue weighted by atomic mass is 32.1. The Bertz CT molecular complexity index is 535. The zero-order valence-corrected chi connectivity index (χ0v) is 11.6. The lowest BCUT2D eigenvalue weighted by molar-refractivity contribution is 0.0946. The van der Waals surface area contributed by atoms with Gasteiger partial charge in [-0.3, -0.25) is 4.79 Å². The third-order valence-electron chi connectivity index (χ3n) is 2.24. The predicted molar refractivity (Wildman–Crippen MR) is 72.9 cm³/mol. The molecule has 18 heavy (non-hydrogen) atoms. The molecule has 5 nitrogen and oxygen atoms in total. The van der Waals surface area contributed by atoms with Gasteiger partial charge in [-0.05, 0) is 13.5 Å². The minimum atomic E-state index is -0.167. The van der Waals surface area contributed by atoms with E-state index in [1.807, 2.05) is 12.3 Å². The highest BCUT2D eigenvalue weighted by Gasteiger charge is 2.10. The fraction of sp³-hybridized carbons (Fsp3) is 0.364. The third-order valence-corrected chi connectivity index (χ3v) is 3.97. The van der Waals surface area contributed by atoms with Gasteiger partial charge in [0.25, 0.3) is 5.91 Å². The van der Waals surface area contributed by atoms with Gasteiger partial charge in [0.1, 0.15) is 5.69 Å². The van der Waals surface area contributed by atoms with Crippen LogP contribution in [0.4, 0.5) is 0 Å². The number of nitrogens with zero attached hydrogens (tertiary/aromatic N) is 2. The maximum Gasteiger partial charge on any atom is 0.271 e. The summed E-state index contributed by atoms with van der Waals surface area (Å²) in [6, 6.07) is 0. The van der Waals surface area contributed by atoms with Gasteiger partial charge in [0.15, 0.2) is 0 Å². The first kappa shape index (κ1) is 13.1. The number of thiazole rings is 2.